The quantitative estimate of drug-likeness (QED) is 0.623. The molecule has 7 nitrogen and oxygen atoms in total. The number of carbonyl (C=O) groups is 1. The maximum absolute atomic E-state index is 13.2. The van der Waals surface area contributed by atoms with E-state index in [0.29, 0.717) is 6.54 Å². The van der Waals surface area contributed by atoms with Gasteiger partial charge < -0.3 is 15.1 Å². The highest BCUT2D eigenvalue weighted by Crippen LogP contribution is 2.34. The van der Waals surface area contributed by atoms with Gasteiger partial charge in [-0.05, 0) is 76.7 Å². The molecule has 1 aromatic carbocycles. The summed E-state index contributed by atoms with van der Waals surface area (Å²) in [6.07, 6.45) is 6.06. The molecule has 2 aliphatic rings. The van der Waals surface area contributed by atoms with Gasteiger partial charge in [0.25, 0.3) is 5.91 Å². The van der Waals surface area contributed by atoms with Crippen LogP contribution in [0.3, 0.4) is 0 Å². The smallest absolute Gasteiger partial charge is 0.289 e. The van der Waals surface area contributed by atoms with Crippen LogP contribution in [0.2, 0.25) is 0 Å². The Labute approximate surface area is 195 Å². The van der Waals surface area contributed by atoms with E-state index in [1.54, 1.807) is 0 Å². The number of amides is 1. The molecule has 4 heterocycles. The molecular weight excluding hydrogens is 412 g/mol. The first-order valence-corrected chi connectivity index (χ1v) is 12.3. The summed E-state index contributed by atoms with van der Waals surface area (Å²) >= 11 is 0. The van der Waals surface area contributed by atoms with Crippen LogP contribution in [0, 0.1) is 13.8 Å². The third-order valence-corrected chi connectivity index (χ3v) is 7.12. The number of piperidine rings is 1. The Morgan fingerprint density at radius 2 is 1.64 bits per heavy atom. The zero-order valence-corrected chi connectivity index (χ0v) is 19.8. The molecule has 0 unspecified atom stereocenters. The number of rotatable bonds is 6. The Hall–Kier alpha value is -2.93. The molecule has 2 aliphatic heterocycles. The highest BCUT2D eigenvalue weighted by Gasteiger charge is 2.25. The number of fused-ring (bicyclic) bond motifs is 1. The second-order valence-electron chi connectivity index (χ2n) is 9.30. The van der Waals surface area contributed by atoms with Crippen molar-refractivity contribution in [1.29, 1.82) is 0 Å². The van der Waals surface area contributed by atoms with Crippen molar-refractivity contribution in [3.63, 3.8) is 0 Å². The van der Waals surface area contributed by atoms with Crippen molar-refractivity contribution in [3.05, 3.63) is 47.4 Å². The number of nitrogens with zero attached hydrogens (tertiary/aromatic N) is 5. The SMILES string of the molecule is Cc1c(C)n(-c2ccccc2)c2nc(C(=O)NCCN3CCCC3)nc(N3CCCCC3)c12. The van der Waals surface area contributed by atoms with E-state index in [9.17, 15) is 4.79 Å². The molecule has 0 spiro atoms. The van der Waals surface area contributed by atoms with Crippen LogP contribution in [-0.2, 0) is 0 Å². The first-order chi connectivity index (χ1) is 16.1. The van der Waals surface area contributed by atoms with Crippen molar-refractivity contribution in [3.8, 4) is 5.69 Å². The molecule has 0 saturated carbocycles. The van der Waals surface area contributed by atoms with Gasteiger partial charge >= 0.3 is 0 Å². The fraction of sp³-hybridized carbons (Fsp3) is 0.500. The van der Waals surface area contributed by atoms with Crippen molar-refractivity contribution in [2.24, 2.45) is 0 Å². The lowest BCUT2D eigenvalue weighted by Crippen LogP contribution is -2.35. The summed E-state index contributed by atoms with van der Waals surface area (Å²) in [5.41, 5.74) is 4.18. The Morgan fingerprint density at radius 3 is 2.36 bits per heavy atom. The maximum atomic E-state index is 13.2. The predicted octanol–water partition coefficient (Wildman–Crippen LogP) is 3.85. The lowest BCUT2D eigenvalue weighted by atomic mass is 10.1. The number of hydrogen-bond acceptors (Lipinski definition) is 5. The second-order valence-corrected chi connectivity index (χ2v) is 9.30. The summed E-state index contributed by atoms with van der Waals surface area (Å²) in [7, 11) is 0. The Balaban J connectivity index is 1.55. The van der Waals surface area contributed by atoms with Gasteiger partial charge in [0.1, 0.15) is 5.82 Å². The van der Waals surface area contributed by atoms with Crippen LogP contribution < -0.4 is 10.2 Å². The van der Waals surface area contributed by atoms with Crippen LogP contribution >= 0.6 is 0 Å². The average molecular weight is 447 g/mol. The molecule has 1 amide bonds. The van der Waals surface area contributed by atoms with E-state index < -0.39 is 0 Å². The Morgan fingerprint density at radius 1 is 0.939 bits per heavy atom. The monoisotopic (exact) mass is 446 g/mol. The van der Waals surface area contributed by atoms with Crippen LogP contribution in [0.4, 0.5) is 5.82 Å². The van der Waals surface area contributed by atoms with Crippen molar-refractivity contribution in [2.75, 3.05) is 44.2 Å². The lowest BCUT2D eigenvalue weighted by Gasteiger charge is -2.28. The van der Waals surface area contributed by atoms with E-state index in [1.807, 2.05) is 18.2 Å². The minimum Gasteiger partial charge on any atom is -0.356 e. The topological polar surface area (TPSA) is 66.3 Å². The van der Waals surface area contributed by atoms with Crippen LogP contribution in [0.15, 0.2) is 30.3 Å². The number of aryl methyl sites for hydroxylation is 1. The molecule has 2 fully saturated rings. The normalized spacial score (nSPS) is 17.1. The van der Waals surface area contributed by atoms with Gasteiger partial charge in [-0.15, -0.1) is 0 Å². The van der Waals surface area contributed by atoms with Gasteiger partial charge in [-0.1, -0.05) is 18.2 Å². The minimum atomic E-state index is -0.189. The highest BCUT2D eigenvalue weighted by molar-refractivity contribution is 5.98. The number of carbonyl (C=O) groups excluding carboxylic acids is 1. The number of benzene rings is 1. The van der Waals surface area contributed by atoms with E-state index in [2.05, 4.69) is 45.7 Å². The van der Waals surface area contributed by atoms with Gasteiger partial charge in [0, 0.05) is 37.6 Å². The molecule has 1 N–H and O–H groups in total. The molecule has 7 heteroatoms. The third-order valence-electron chi connectivity index (χ3n) is 7.12. The largest absolute Gasteiger partial charge is 0.356 e. The fourth-order valence-electron chi connectivity index (χ4n) is 5.18. The van der Waals surface area contributed by atoms with Gasteiger partial charge in [0.05, 0.1) is 5.39 Å². The van der Waals surface area contributed by atoms with E-state index in [4.69, 9.17) is 9.97 Å². The molecule has 5 rings (SSSR count). The standard InChI is InChI=1S/C26H34N6O/c1-19-20(2)32(21-11-5-3-6-12-21)25-22(19)24(31-16-7-4-8-17-31)28-23(29-25)26(33)27-13-18-30-14-9-10-15-30/h3,5-6,11-12H,4,7-10,13-18H2,1-2H3,(H,27,33). The number of aromatic nitrogens is 3. The maximum Gasteiger partial charge on any atom is 0.289 e. The Bertz CT molecular complexity index is 1130. The van der Waals surface area contributed by atoms with Gasteiger partial charge in [-0.25, -0.2) is 9.97 Å². The predicted molar refractivity (Wildman–Crippen MR) is 132 cm³/mol. The zero-order chi connectivity index (χ0) is 22.8. The number of likely N-dealkylation sites (tertiary alicyclic amines) is 1. The summed E-state index contributed by atoms with van der Waals surface area (Å²) in [4.78, 5) is 27.6. The molecule has 0 radical (unpaired) electrons. The second kappa shape index (κ2) is 9.51. The van der Waals surface area contributed by atoms with Crippen LogP contribution in [-0.4, -0.2) is 64.6 Å². The molecule has 0 aliphatic carbocycles. The van der Waals surface area contributed by atoms with Gasteiger partial charge in [0.2, 0.25) is 5.82 Å². The van der Waals surface area contributed by atoms with Crippen LogP contribution in [0.25, 0.3) is 16.7 Å². The third kappa shape index (κ3) is 4.34. The van der Waals surface area contributed by atoms with E-state index in [-0.39, 0.29) is 11.7 Å². The first kappa shape index (κ1) is 21.9. The van der Waals surface area contributed by atoms with Crippen molar-refractivity contribution in [2.45, 2.75) is 46.0 Å². The summed E-state index contributed by atoms with van der Waals surface area (Å²) in [5, 5.41) is 4.13. The first-order valence-electron chi connectivity index (χ1n) is 12.3. The highest BCUT2D eigenvalue weighted by atomic mass is 16.2. The summed E-state index contributed by atoms with van der Waals surface area (Å²) in [6, 6.07) is 10.3. The fourth-order valence-corrected chi connectivity index (χ4v) is 5.18. The number of anilines is 1. The lowest BCUT2D eigenvalue weighted by molar-refractivity contribution is 0.0939. The minimum absolute atomic E-state index is 0.189. The number of para-hydroxylation sites is 1. The molecule has 174 valence electrons. The molecular formula is C26H34N6O. The number of hydrogen-bond donors (Lipinski definition) is 1. The molecule has 3 aromatic rings. The van der Waals surface area contributed by atoms with Crippen LogP contribution in [0.5, 0.6) is 0 Å². The van der Waals surface area contributed by atoms with E-state index in [0.717, 1.165) is 73.8 Å². The van der Waals surface area contributed by atoms with Crippen molar-refractivity contribution in [1.82, 2.24) is 24.8 Å². The Kier molecular flexibility index (Phi) is 6.31. The summed E-state index contributed by atoms with van der Waals surface area (Å²) in [6.45, 7) is 9.96. The molecule has 2 aromatic heterocycles. The van der Waals surface area contributed by atoms with Gasteiger partial charge in [0.15, 0.2) is 5.65 Å². The molecule has 2 saturated heterocycles. The van der Waals surface area contributed by atoms with Crippen molar-refractivity contribution >= 4 is 22.8 Å². The summed E-state index contributed by atoms with van der Waals surface area (Å²) in [5.74, 6) is 0.976. The van der Waals surface area contributed by atoms with E-state index in [1.165, 1.54) is 24.8 Å². The van der Waals surface area contributed by atoms with Crippen LogP contribution in [0.1, 0.15) is 54.0 Å². The van der Waals surface area contributed by atoms with E-state index >= 15 is 0 Å². The molecule has 33 heavy (non-hydrogen) atoms. The van der Waals surface area contributed by atoms with Crippen molar-refractivity contribution < 1.29 is 4.79 Å². The molecule has 0 bridgehead atoms. The zero-order valence-electron chi connectivity index (χ0n) is 19.8. The molecule has 0 atom stereocenters. The van der Waals surface area contributed by atoms with Gasteiger partial charge in [-0.3, -0.25) is 9.36 Å². The number of nitrogens with one attached hydrogen (secondary N) is 1. The average Bonchev–Trinajstić information content (AvgIpc) is 3.46. The summed E-state index contributed by atoms with van der Waals surface area (Å²) < 4.78 is 2.17. The van der Waals surface area contributed by atoms with Gasteiger partial charge in [-0.2, -0.15) is 0 Å².